The first kappa shape index (κ1) is 17.5. The monoisotopic (exact) mass is 327 g/mol. The van der Waals surface area contributed by atoms with Gasteiger partial charge in [0, 0.05) is 0 Å². The van der Waals surface area contributed by atoms with Crippen molar-refractivity contribution < 1.29 is 19.4 Å². The topological polar surface area (TPSA) is 75.6 Å². The fourth-order valence-electron chi connectivity index (χ4n) is 2.22. The third kappa shape index (κ3) is 4.84. The first-order valence-corrected chi connectivity index (χ1v) is 7.84. The van der Waals surface area contributed by atoms with Gasteiger partial charge in [0.15, 0.2) is 6.61 Å². The first-order valence-electron chi connectivity index (χ1n) is 7.84. The van der Waals surface area contributed by atoms with Gasteiger partial charge in [0.1, 0.15) is 5.75 Å². The molecule has 0 aromatic heterocycles. The summed E-state index contributed by atoms with van der Waals surface area (Å²) >= 11 is 0. The van der Waals surface area contributed by atoms with Crippen LogP contribution >= 0.6 is 0 Å². The maximum Gasteiger partial charge on any atom is 0.338 e. The normalized spacial score (nSPS) is 11.6. The molecule has 0 aliphatic heterocycles. The number of rotatable bonds is 6. The molecule has 5 nitrogen and oxygen atoms in total. The lowest BCUT2D eigenvalue weighted by molar-refractivity contribution is -0.124. The summed E-state index contributed by atoms with van der Waals surface area (Å²) in [5.74, 6) is -0.911. The maximum atomic E-state index is 11.9. The number of benzene rings is 2. The molecule has 0 fully saturated rings. The summed E-state index contributed by atoms with van der Waals surface area (Å²) in [5, 5.41) is 12.0. The Labute approximate surface area is 141 Å². The third-order valence-electron chi connectivity index (χ3n) is 3.70. The lowest BCUT2D eigenvalue weighted by Crippen LogP contribution is -2.31. The summed E-state index contributed by atoms with van der Waals surface area (Å²) in [4.78, 5) is 23.7. The van der Waals surface area contributed by atoms with Crippen LogP contribution in [0.5, 0.6) is 5.75 Å². The maximum absolute atomic E-state index is 11.9. The van der Waals surface area contributed by atoms with Crippen molar-refractivity contribution in [1.29, 1.82) is 0 Å². The van der Waals surface area contributed by atoms with E-state index in [4.69, 9.17) is 4.74 Å². The molecule has 2 aromatic rings. The zero-order chi connectivity index (χ0) is 17.5. The standard InChI is InChI=1S/C19H21NO4/c1-3-14-4-6-15(7-5-14)13(2)20-18(22)12-24-19(23)16-8-10-17(21)11-9-16/h4-11,13,21H,3,12H2,1-2H3,(H,20,22)/t13-/m0/s1. The van der Waals surface area contributed by atoms with E-state index in [2.05, 4.69) is 12.2 Å². The second kappa shape index (κ2) is 8.15. The van der Waals surface area contributed by atoms with E-state index in [0.29, 0.717) is 0 Å². The number of carbonyl (C=O) groups excluding carboxylic acids is 2. The summed E-state index contributed by atoms with van der Waals surface area (Å²) in [6.45, 7) is 3.61. The number of aromatic hydroxyl groups is 1. The number of esters is 1. The quantitative estimate of drug-likeness (QED) is 0.800. The van der Waals surface area contributed by atoms with Crippen molar-refractivity contribution in [3.8, 4) is 5.75 Å². The number of carbonyl (C=O) groups is 2. The number of ether oxygens (including phenoxy) is 1. The lowest BCUT2D eigenvalue weighted by atomic mass is 10.1. The Morgan fingerprint density at radius 1 is 1.08 bits per heavy atom. The molecule has 0 unspecified atom stereocenters. The highest BCUT2D eigenvalue weighted by molar-refractivity contribution is 5.91. The second-order valence-corrected chi connectivity index (χ2v) is 5.51. The van der Waals surface area contributed by atoms with Gasteiger partial charge >= 0.3 is 5.97 Å². The fraction of sp³-hybridized carbons (Fsp3) is 0.263. The molecule has 0 saturated carbocycles. The van der Waals surface area contributed by atoms with Gasteiger partial charge in [-0.05, 0) is 48.7 Å². The van der Waals surface area contributed by atoms with Crippen molar-refractivity contribution in [3.63, 3.8) is 0 Å². The van der Waals surface area contributed by atoms with E-state index in [9.17, 15) is 14.7 Å². The van der Waals surface area contributed by atoms with E-state index in [1.54, 1.807) is 0 Å². The SMILES string of the molecule is CCc1ccc([C@H](C)NC(=O)COC(=O)c2ccc(O)cc2)cc1. The minimum atomic E-state index is -0.606. The molecular formula is C19H21NO4. The molecule has 0 bridgehead atoms. The molecule has 0 saturated heterocycles. The predicted molar refractivity (Wildman–Crippen MR) is 90.8 cm³/mol. The smallest absolute Gasteiger partial charge is 0.338 e. The van der Waals surface area contributed by atoms with Crippen LogP contribution in [0, 0.1) is 0 Å². The average Bonchev–Trinajstić information content (AvgIpc) is 2.60. The van der Waals surface area contributed by atoms with Crippen LogP contribution in [-0.4, -0.2) is 23.6 Å². The van der Waals surface area contributed by atoms with E-state index >= 15 is 0 Å². The predicted octanol–water partition coefficient (Wildman–Crippen LogP) is 2.99. The van der Waals surface area contributed by atoms with Crippen molar-refractivity contribution in [1.82, 2.24) is 5.32 Å². The first-order chi connectivity index (χ1) is 11.5. The summed E-state index contributed by atoms with van der Waals surface area (Å²) in [6.07, 6.45) is 0.967. The molecular weight excluding hydrogens is 306 g/mol. The number of hydrogen-bond acceptors (Lipinski definition) is 4. The zero-order valence-electron chi connectivity index (χ0n) is 13.8. The summed E-state index contributed by atoms with van der Waals surface area (Å²) in [7, 11) is 0. The van der Waals surface area contributed by atoms with E-state index in [0.717, 1.165) is 12.0 Å². The van der Waals surface area contributed by atoms with Gasteiger partial charge in [-0.25, -0.2) is 4.79 Å². The molecule has 126 valence electrons. The molecule has 0 aliphatic rings. The minimum Gasteiger partial charge on any atom is -0.508 e. The molecule has 0 aliphatic carbocycles. The van der Waals surface area contributed by atoms with Gasteiger partial charge in [0.05, 0.1) is 11.6 Å². The summed E-state index contributed by atoms with van der Waals surface area (Å²) < 4.78 is 4.97. The number of hydrogen-bond donors (Lipinski definition) is 2. The van der Waals surface area contributed by atoms with Crippen LogP contribution in [-0.2, 0) is 16.0 Å². The molecule has 2 rings (SSSR count). The highest BCUT2D eigenvalue weighted by Gasteiger charge is 2.13. The van der Waals surface area contributed by atoms with Crippen LogP contribution in [0.4, 0.5) is 0 Å². The van der Waals surface area contributed by atoms with Crippen LogP contribution in [0.25, 0.3) is 0 Å². The molecule has 2 aromatic carbocycles. The molecule has 5 heteroatoms. The van der Waals surface area contributed by atoms with E-state index in [1.165, 1.54) is 29.8 Å². The van der Waals surface area contributed by atoms with Gasteiger partial charge in [0.25, 0.3) is 5.91 Å². The molecule has 0 spiro atoms. The van der Waals surface area contributed by atoms with Crippen LogP contribution < -0.4 is 5.32 Å². The Morgan fingerprint density at radius 2 is 1.71 bits per heavy atom. The molecule has 0 heterocycles. The summed E-state index contributed by atoms with van der Waals surface area (Å²) in [6, 6.07) is 13.5. The number of nitrogens with one attached hydrogen (secondary N) is 1. The van der Waals surface area contributed by atoms with Crippen molar-refractivity contribution in [3.05, 3.63) is 65.2 Å². The lowest BCUT2D eigenvalue weighted by Gasteiger charge is -2.15. The zero-order valence-corrected chi connectivity index (χ0v) is 13.8. The molecule has 1 atom stereocenters. The summed E-state index contributed by atoms with van der Waals surface area (Å²) in [5.41, 5.74) is 2.51. The fourth-order valence-corrected chi connectivity index (χ4v) is 2.22. The highest BCUT2D eigenvalue weighted by atomic mass is 16.5. The Hall–Kier alpha value is -2.82. The molecule has 0 radical (unpaired) electrons. The van der Waals surface area contributed by atoms with Crippen molar-refractivity contribution >= 4 is 11.9 Å². The molecule has 2 N–H and O–H groups in total. The van der Waals surface area contributed by atoms with Crippen LogP contribution in [0.3, 0.4) is 0 Å². The third-order valence-corrected chi connectivity index (χ3v) is 3.70. The number of aryl methyl sites for hydroxylation is 1. The average molecular weight is 327 g/mol. The number of amides is 1. The number of phenolic OH excluding ortho intramolecular Hbond substituents is 1. The Kier molecular flexibility index (Phi) is 5.95. The number of phenols is 1. The Morgan fingerprint density at radius 3 is 2.29 bits per heavy atom. The van der Waals surface area contributed by atoms with Gasteiger partial charge < -0.3 is 15.2 Å². The largest absolute Gasteiger partial charge is 0.508 e. The van der Waals surface area contributed by atoms with Crippen LogP contribution in [0.1, 0.15) is 41.4 Å². The van der Waals surface area contributed by atoms with Gasteiger partial charge in [-0.1, -0.05) is 31.2 Å². The van der Waals surface area contributed by atoms with Gasteiger partial charge in [-0.15, -0.1) is 0 Å². The Bertz CT molecular complexity index is 692. The van der Waals surface area contributed by atoms with Crippen LogP contribution in [0.2, 0.25) is 0 Å². The van der Waals surface area contributed by atoms with E-state index < -0.39 is 5.97 Å². The minimum absolute atomic E-state index is 0.0622. The van der Waals surface area contributed by atoms with E-state index in [1.807, 2.05) is 31.2 Å². The molecule has 1 amide bonds. The highest BCUT2D eigenvalue weighted by Crippen LogP contribution is 2.14. The van der Waals surface area contributed by atoms with Crippen molar-refractivity contribution in [2.24, 2.45) is 0 Å². The van der Waals surface area contributed by atoms with Crippen molar-refractivity contribution in [2.45, 2.75) is 26.3 Å². The van der Waals surface area contributed by atoms with Crippen molar-refractivity contribution in [2.75, 3.05) is 6.61 Å². The van der Waals surface area contributed by atoms with E-state index in [-0.39, 0.29) is 29.9 Å². The van der Waals surface area contributed by atoms with Gasteiger partial charge in [-0.3, -0.25) is 4.79 Å². The Balaban J connectivity index is 1.83. The van der Waals surface area contributed by atoms with Gasteiger partial charge in [-0.2, -0.15) is 0 Å². The van der Waals surface area contributed by atoms with Crippen LogP contribution in [0.15, 0.2) is 48.5 Å². The van der Waals surface area contributed by atoms with Gasteiger partial charge in [0.2, 0.25) is 0 Å². The molecule has 24 heavy (non-hydrogen) atoms. The second-order valence-electron chi connectivity index (χ2n) is 5.51.